The number of likely N-dealkylation sites (tertiary alicyclic amines) is 1. The first-order valence-electron chi connectivity index (χ1n) is 12.6. The molecular weight excluding hydrogens is 442 g/mol. The van der Waals surface area contributed by atoms with E-state index in [1.807, 2.05) is 0 Å². The Morgan fingerprint density at radius 3 is 2.82 bits per heavy atom. The molecule has 1 aromatic heterocycles. The lowest BCUT2D eigenvalue weighted by Crippen LogP contribution is -2.46. The van der Waals surface area contributed by atoms with Gasteiger partial charge in [0.25, 0.3) is 0 Å². The molecule has 1 aromatic rings. The third-order valence-corrected chi connectivity index (χ3v) is 7.57. The topological polar surface area (TPSA) is 94.6 Å². The quantitative estimate of drug-likeness (QED) is 0.503. The monoisotopic (exact) mass is 478 g/mol. The van der Waals surface area contributed by atoms with Crippen LogP contribution in [0.25, 0.3) is 0 Å². The van der Waals surface area contributed by atoms with E-state index in [9.17, 15) is 23.5 Å². The van der Waals surface area contributed by atoms with Crippen molar-refractivity contribution < 1.29 is 23.5 Å². The number of carbonyl (C=O) groups excluding carboxylic acids is 1. The maximum atomic E-state index is 13.3. The molecule has 34 heavy (non-hydrogen) atoms. The number of hydrogen-bond donors (Lipinski definition) is 3. The third-order valence-electron chi connectivity index (χ3n) is 7.57. The van der Waals surface area contributed by atoms with E-state index in [4.69, 9.17) is 4.98 Å². The summed E-state index contributed by atoms with van der Waals surface area (Å²) in [6, 6.07) is 3.33. The molecule has 2 fully saturated rings. The van der Waals surface area contributed by atoms with Crippen molar-refractivity contribution in [3.8, 4) is 0 Å². The van der Waals surface area contributed by atoms with E-state index in [-0.39, 0.29) is 25.7 Å². The van der Waals surface area contributed by atoms with Crippen molar-refractivity contribution in [2.75, 3.05) is 31.5 Å². The van der Waals surface area contributed by atoms with Gasteiger partial charge < -0.3 is 20.6 Å². The molecule has 9 heteroatoms. The molecule has 3 aliphatic rings. The van der Waals surface area contributed by atoms with Crippen molar-refractivity contribution in [3.63, 3.8) is 0 Å². The van der Waals surface area contributed by atoms with Crippen molar-refractivity contribution in [2.45, 2.75) is 76.2 Å². The molecule has 7 nitrogen and oxygen atoms in total. The van der Waals surface area contributed by atoms with Crippen molar-refractivity contribution in [1.29, 1.82) is 0 Å². The lowest BCUT2D eigenvalue weighted by Gasteiger charge is -2.28. The third kappa shape index (κ3) is 6.64. The summed E-state index contributed by atoms with van der Waals surface area (Å²) in [5.74, 6) is -3.13. The number of carboxylic acid groups (broad SMARTS) is 1. The number of halogens is 2. The number of carboxylic acids is 1. The molecule has 2 aliphatic heterocycles. The number of pyridine rings is 1. The minimum absolute atomic E-state index is 0.105. The molecule has 0 aromatic carbocycles. The normalized spacial score (nSPS) is 23.6. The number of hydrogen-bond acceptors (Lipinski definition) is 5. The molecular formula is C25H36F2N4O3. The van der Waals surface area contributed by atoms with Crippen LogP contribution in [-0.4, -0.2) is 65.0 Å². The van der Waals surface area contributed by atoms with Crippen LogP contribution in [-0.2, 0) is 22.4 Å². The van der Waals surface area contributed by atoms with Gasteiger partial charge in [0.1, 0.15) is 11.9 Å². The summed E-state index contributed by atoms with van der Waals surface area (Å²) in [7, 11) is 0. The molecule has 3 N–H and O–H groups in total. The summed E-state index contributed by atoms with van der Waals surface area (Å²) in [5, 5.41) is 15.5. The summed E-state index contributed by atoms with van der Waals surface area (Å²) < 4.78 is 26.7. The highest BCUT2D eigenvalue weighted by molar-refractivity contribution is 5.85. The Morgan fingerprint density at radius 2 is 2.06 bits per heavy atom. The fraction of sp³-hybridized carbons (Fsp3) is 0.720. The molecule has 4 rings (SSSR count). The zero-order valence-corrected chi connectivity index (χ0v) is 19.7. The zero-order chi connectivity index (χ0) is 24.1. The summed E-state index contributed by atoms with van der Waals surface area (Å²) >= 11 is 0. The minimum atomic E-state index is -2.71. The predicted octanol–water partition coefficient (Wildman–Crippen LogP) is 3.48. The second-order valence-corrected chi connectivity index (χ2v) is 10.2. The van der Waals surface area contributed by atoms with Crippen molar-refractivity contribution in [1.82, 2.24) is 15.2 Å². The van der Waals surface area contributed by atoms with Crippen molar-refractivity contribution >= 4 is 17.7 Å². The number of fused-ring (bicyclic) bond motifs is 1. The summed E-state index contributed by atoms with van der Waals surface area (Å²) in [4.78, 5) is 31.2. The largest absolute Gasteiger partial charge is 0.480 e. The second-order valence-electron chi connectivity index (χ2n) is 10.2. The van der Waals surface area contributed by atoms with Gasteiger partial charge in [0.15, 0.2) is 0 Å². The van der Waals surface area contributed by atoms with Gasteiger partial charge in [-0.2, -0.15) is 0 Å². The highest BCUT2D eigenvalue weighted by Crippen LogP contribution is 2.36. The second kappa shape index (κ2) is 11.0. The Kier molecular flexibility index (Phi) is 8.01. The Hall–Kier alpha value is -2.29. The maximum absolute atomic E-state index is 13.3. The zero-order valence-electron chi connectivity index (χ0n) is 19.7. The number of aryl methyl sites for hydroxylation is 2. The van der Waals surface area contributed by atoms with Gasteiger partial charge in [-0.15, -0.1) is 0 Å². The SMILES string of the molecule is O=C(NC(CCN1CCC(CCc2ccc3c(n2)NCCC3)C1)C(=O)O)C1CCC(F)(F)CC1. The van der Waals surface area contributed by atoms with E-state index in [1.54, 1.807) is 0 Å². The first kappa shape index (κ1) is 24.8. The van der Waals surface area contributed by atoms with E-state index in [0.29, 0.717) is 18.9 Å². The Morgan fingerprint density at radius 1 is 1.26 bits per heavy atom. The first-order chi connectivity index (χ1) is 16.3. The van der Waals surface area contributed by atoms with E-state index < -0.39 is 29.8 Å². The highest BCUT2D eigenvalue weighted by atomic mass is 19.3. The smallest absolute Gasteiger partial charge is 0.326 e. The Bertz CT molecular complexity index is 872. The average molecular weight is 479 g/mol. The van der Waals surface area contributed by atoms with E-state index in [0.717, 1.165) is 63.3 Å². The fourth-order valence-corrected chi connectivity index (χ4v) is 5.37. The van der Waals surface area contributed by atoms with Crippen LogP contribution in [0.15, 0.2) is 12.1 Å². The lowest BCUT2D eigenvalue weighted by molar-refractivity contribution is -0.143. The molecule has 3 heterocycles. The molecule has 1 aliphatic carbocycles. The summed E-state index contributed by atoms with van der Waals surface area (Å²) in [6.45, 7) is 3.41. The van der Waals surface area contributed by atoms with Crippen LogP contribution < -0.4 is 10.6 Å². The van der Waals surface area contributed by atoms with Gasteiger partial charge in [-0.05, 0) is 75.5 Å². The van der Waals surface area contributed by atoms with Crippen LogP contribution in [0.3, 0.4) is 0 Å². The van der Waals surface area contributed by atoms with Crippen molar-refractivity contribution in [2.24, 2.45) is 11.8 Å². The number of alkyl halides is 2. The Balaban J connectivity index is 1.19. The van der Waals surface area contributed by atoms with Crippen LogP contribution >= 0.6 is 0 Å². The van der Waals surface area contributed by atoms with Crippen molar-refractivity contribution in [3.05, 3.63) is 23.4 Å². The molecule has 1 amide bonds. The predicted molar refractivity (Wildman–Crippen MR) is 125 cm³/mol. The molecule has 2 atom stereocenters. The van der Waals surface area contributed by atoms with Gasteiger partial charge in [-0.25, -0.2) is 18.6 Å². The van der Waals surface area contributed by atoms with Gasteiger partial charge in [0.2, 0.25) is 11.8 Å². The number of nitrogens with zero attached hydrogens (tertiary/aromatic N) is 2. The molecule has 0 radical (unpaired) electrons. The number of amides is 1. The lowest BCUT2D eigenvalue weighted by atomic mass is 9.86. The van der Waals surface area contributed by atoms with Crippen LogP contribution in [0.4, 0.5) is 14.6 Å². The van der Waals surface area contributed by atoms with Gasteiger partial charge in [-0.1, -0.05) is 6.07 Å². The number of anilines is 1. The maximum Gasteiger partial charge on any atom is 0.326 e. The van der Waals surface area contributed by atoms with Crippen LogP contribution in [0.1, 0.15) is 62.6 Å². The number of rotatable bonds is 9. The number of carbonyl (C=O) groups is 2. The molecule has 0 spiro atoms. The molecule has 2 unspecified atom stereocenters. The Labute approximate surface area is 199 Å². The van der Waals surface area contributed by atoms with Crippen LogP contribution in [0, 0.1) is 11.8 Å². The van der Waals surface area contributed by atoms with Gasteiger partial charge in [0, 0.05) is 44.1 Å². The molecule has 1 saturated heterocycles. The van der Waals surface area contributed by atoms with Gasteiger partial charge in [-0.3, -0.25) is 4.79 Å². The number of aliphatic carboxylic acids is 1. The van der Waals surface area contributed by atoms with E-state index in [2.05, 4.69) is 27.7 Å². The standard InChI is InChI=1S/C25H36F2N4O3/c26-25(27)11-7-19(8-12-25)23(32)30-21(24(33)34)10-15-31-14-9-17(16-31)3-5-20-6-4-18-2-1-13-28-22(18)29-20/h4,6,17,19,21H,1-3,5,7-16H2,(H,28,29)(H,30,32)(H,33,34). The molecule has 1 saturated carbocycles. The van der Waals surface area contributed by atoms with Gasteiger partial charge in [0.05, 0.1) is 0 Å². The average Bonchev–Trinajstić information content (AvgIpc) is 3.27. The number of aromatic nitrogens is 1. The van der Waals surface area contributed by atoms with E-state index in [1.165, 1.54) is 5.56 Å². The summed E-state index contributed by atoms with van der Waals surface area (Å²) in [6.07, 6.45) is 5.19. The molecule has 0 bridgehead atoms. The highest BCUT2D eigenvalue weighted by Gasteiger charge is 2.38. The molecule has 188 valence electrons. The van der Waals surface area contributed by atoms with Crippen LogP contribution in [0.5, 0.6) is 0 Å². The van der Waals surface area contributed by atoms with Crippen LogP contribution in [0.2, 0.25) is 0 Å². The summed E-state index contributed by atoms with van der Waals surface area (Å²) in [5.41, 5.74) is 2.41. The fourth-order valence-electron chi connectivity index (χ4n) is 5.37. The van der Waals surface area contributed by atoms with Gasteiger partial charge >= 0.3 is 5.97 Å². The van der Waals surface area contributed by atoms with E-state index >= 15 is 0 Å². The minimum Gasteiger partial charge on any atom is -0.480 e. The number of nitrogens with one attached hydrogen (secondary N) is 2. The first-order valence-corrected chi connectivity index (χ1v) is 12.6.